The van der Waals surface area contributed by atoms with Crippen molar-refractivity contribution in [2.45, 2.75) is 6.92 Å². The van der Waals surface area contributed by atoms with Crippen LogP contribution in [0.25, 0.3) is 0 Å². The van der Waals surface area contributed by atoms with E-state index in [2.05, 4.69) is 5.73 Å². The van der Waals surface area contributed by atoms with Crippen molar-refractivity contribution in [2.24, 2.45) is 0 Å². The topological polar surface area (TPSA) is 20.2 Å². The van der Waals surface area contributed by atoms with Gasteiger partial charge in [-0.15, -0.1) is 0 Å². The van der Waals surface area contributed by atoms with Gasteiger partial charge in [-0.25, -0.2) is 0 Å². The highest BCUT2D eigenvalue weighted by atomic mass is 16.2. The highest BCUT2D eigenvalue weighted by molar-refractivity contribution is 4.99. The van der Waals surface area contributed by atoms with E-state index in [1.54, 1.807) is 12.2 Å². The van der Waals surface area contributed by atoms with Gasteiger partial charge in [-0.1, -0.05) is 17.9 Å². The van der Waals surface area contributed by atoms with Crippen LogP contribution in [0.15, 0.2) is 30.2 Å². The van der Waals surface area contributed by atoms with Crippen LogP contribution in [0.1, 0.15) is 6.92 Å². The second-order valence-corrected chi connectivity index (χ2v) is 0.988. The van der Waals surface area contributed by atoms with Crippen molar-refractivity contribution in [3.8, 4) is 0 Å². The minimum Gasteiger partial charge on any atom is -0.507 e. The molecule has 0 aromatic rings. The first-order valence-electron chi connectivity index (χ1n) is 2.08. The highest BCUT2D eigenvalue weighted by Gasteiger charge is 1.49. The third kappa shape index (κ3) is 5.06. The Morgan fingerprint density at radius 2 is 2.29 bits per heavy atom. The molecule has 0 bridgehead atoms. The van der Waals surface area contributed by atoms with E-state index in [4.69, 9.17) is 5.11 Å². The summed E-state index contributed by atoms with van der Waals surface area (Å²) in [6.07, 6.45) is 6.14. The summed E-state index contributed by atoms with van der Waals surface area (Å²) in [6, 6.07) is 0. The van der Waals surface area contributed by atoms with Gasteiger partial charge in [0, 0.05) is 0 Å². The van der Waals surface area contributed by atoms with Crippen molar-refractivity contribution in [2.75, 3.05) is 0 Å². The minimum absolute atomic E-state index is 0.875. The van der Waals surface area contributed by atoms with Gasteiger partial charge < -0.3 is 5.11 Å². The molecule has 0 fully saturated rings. The lowest BCUT2D eigenvalue weighted by molar-refractivity contribution is 0.475. The summed E-state index contributed by atoms with van der Waals surface area (Å²) in [5.41, 5.74) is 2.47. The lowest BCUT2D eigenvalue weighted by Gasteiger charge is -1.60. The van der Waals surface area contributed by atoms with Crippen LogP contribution in [0.2, 0.25) is 0 Å². The van der Waals surface area contributed by atoms with Crippen LogP contribution in [0.4, 0.5) is 0 Å². The van der Waals surface area contributed by atoms with E-state index >= 15 is 0 Å². The summed E-state index contributed by atoms with van der Waals surface area (Å²) in [7, 11) is 0. The van der Waals surface area contributed by atoms with Crippen LogP contribution in [0.5, 0.6) is 0 Å². The van der Waals surface area contributed by atoms with Crippen molar-refractivity contribution >= 4 is 0 Å². The molecular weight excluding hydrogens is 88.1 g/mol. The summed E-state index contributed by atoms with van der Waals surface area (Å²) in [6.45, 7) is 1.90. The molecule has 0 atom stereocenters. The molecule has 0 saturated heterocycles. The molecule has 38 valence electrons. The molecule has 0 aliphatic carbocycles. The largest absolute Gasteiger partial charge is 0.507 e. The lowest BCUT2D eigenvalue weighted by atomic mass is 10.5. The van der Waals surface area contributed by atoms with Crippen molar-refractivity contribution in [3.63, 3.8) is 0 Å². The number of hydrogen-bond donors (Lipinski definition) is 1. The Bertz CT molecular complexity index is 105. The molecule has 0 unspecified atom stereocenters. The zero-order valence-corrected chi connectivity index (χ0v) is 4.26. The Labute approximate surface area is 43.3 Å². The monoisotopic (exact) mass is 96.1 g/mol. The van der Waals surface area contributed by atoms with Gasteiger partial charge in [0.25, 0.3) is 0 Å². The second kappa shape index (κ2) is 5.06. The quantitative estimate of drug-likeness (QED) is 0.300. The van der Waals surface area contributed by atoms with E-state index in [1.807, 2.05) is 13.0 Å². The van der Waals surface area contributed by atoms with Crippen LogP contribution < -0.4 is 0 Å². The molecule has 0 aliphatic heterocycles. The van der Waals surface area contributed by atoms with Crippen molar-refractivity contribution in [1.82, 2.24) is 0 Å². The molecule has 0 rings (SSSR count). The van der Waals surface area contributed by atoms with Crippen molar-refractivity contribution in [1.29, 1.82) is 0 Å². The standard InChI is InChI=1S/C6H8O/c1-2-3-4-5-6-7/h2-4,6-7H,1H3. The number of allylic oxidation sites excluding steroid dienone is 3. The second-order valence-electron chi connectivity index (χ2n) is 0.988. The maximum Gasteiger partial charge on any atom is 0.121 e. The predicted molar refractivity (Wildman–Crippen MR) is 30.1 cm³/mol. The molecule has 7 heavy (non-hydrogen) atoms. The summed E-state index contributed by atoms with van der Waals surface area (Å²) in [5, 5.41) is 7.99. The maximum absolute atomic E-state index is 7.99. The molecule has 1 nitrogen and oxygen atoms in total. The summed E-state index contributed by atoms with van der Waals surface area (Å²) >= 11 is 0. The van der Waals surface area contributed by atoms with Gasteiger partial charge in [-0.2, -0.15) is 0 Å². The number of aliphatic hydroxyl groups is 1. The third-order valence-corrected chi connectivity index (χ3v) is 0.459. The van der Waals surface area contributed by atoms with Gasteiger partial charge in [0.15, 0.2) is 0 Å². The van der Waals surface area contributed by atoms with Crippen molar-refractivity contribution in [3.05, 3.63) is 30.2 Å². The highest BCUT2D eigenvalue weighted by Crippen LogP contribution is 1.69. The number of rotatable bonds is 1. The first kappa shape index (κ1) is 6.06. The first-order valence-corrected chi connectivity index (χ1v) is 2.08. The van der Waals surface area contributed by atoms with Crippen molar-refractivity contribution < 1.29 is 5.11 Å². The Kier molecular flexibility index (Phi) is 4.38. The molecule has 1 N–H and O–H groups in total. The minimum atomic E-state index is 0.875. The smallest absolute Gasteiger partial charge is 0.121 e. The Hall–Kier alpha value is -0.940. The van der Waals surface area contributed by atoms with Crippen LogP contribution in [0.3, 0.4) is 0 Å². The van der Waals surface area contributed by atoms with E-state index in [9.17, 15) is 0 Å². The average Bonchev–Trinajstić information content (AvgIpc) is 1.69. The normalized spacial score (nSPS) is 8.14. The zero-order valence-electron chi connectivity index (χ0n) is 4.26. The van der Waals surface area contributed by atoms with Gasteiger partial charge >= 0.3 is 0 Å². The Morgan fingerprint density at radius 1 is 1.57 bits per heavy atom. The van der Waals surface area contributed by atoms with E-state index in [0.29, 0.717) is 0 Å². The number of hydrogen-bond acceptors (Lipinski definition) is 1. The molecule has 0 aromatic heterocycles. The Balaban J connectivity index is 3.48. The molecule has 0 aliphatic rings. The van der Waals surface area contributed by atoms with E-state index in [1.165, 1.54) is 0 Å². The van der Waals surface area contributed by atoms with Gasteiger partial charge in [0.1, 0.15) is 6.26 Å². The van der Waals surface area contributed by atoms with Crippen LogP contribution in [0, 0.1) is 0 Å². The molecule has 0 saturated carbocycles. The fourth-order valence-electron chi connectivity index (χ4n) is 0.195. The zero-order chi connectivity index (χ0) is 5.54. The van der Waals surface area contributed by atoms with Gasteiger partial charge in [-0.05, 0) is 13.0 Å². The van der Waals surface area contributed by atoms with E-state index in [-0.39, 0.29) is 0 Å². The summed E-state index contributed by atoms with van der Waals surface area (Å²) in [4.78, 5) is 0. The molecule has 0 aromatic carbocycles. The lowest BCUT2D eigenvalue weighted by Crippen LogP contribution is -1.41. The van der Waals surface area contributed by atoms with Crippen LogP contribution in [-0.4, -0.2) is 5.11 Å². The first-order chi connectivity index (χ1) is 3.41. The molecule has 0 amide bonds. The molecule has 1 heteroatoms. The molecule has 0 radical (unpaired) electrons. The third-order valence-electron chi connectivity index (χ3n) is 0.459. The predicted octanol–water partition coefficient (Wildman–Crippen LogP) is 1.79. The molecule has 0 heterocycles. The van der Waals surface area contributed by atoms with Crippen LogP contribution in [-0.2, 0) is 0 Å². The molecular formula is C6H8O. The SMILES string of the molecule is CC=CC=C=CO. The van der Waals surface area contributed by atoms with Crippen LogP contribution >= 0.6 is 0 Å². The number of aliphatic hydroxyl groups excluding tert-OH is 1. The van der Waals surface area contributed by atoms with E-state index in [0.717, 1.165) is 6.26 Å². The van der Waals surface area contributed by atoms with E-state index < -0.39 is 0 Å². The maximum atomic E-state index is 7.99. The Morgan fingerprint density at radius 3 is 2.71 bits per heavy atom. The van der Waals surface area contributed by atoms with Gasteiger partial charge in [0.05, 0.1) is 0 Å². The molecule has 0 spiro atoms. The van der Waals surface area contributed by atoms with Gasteiger partial charge in [-0.3, -0.25) is 0 Å². The fraction of sp³-hybridized carbons (Fsp3) is 0.167. The fourth-order valence-corrected chi connectivity index (χ4v) is 0.195. The van der Waals surface area contributed by atoms with Gasteiger partial charge in [0.2, 0.25) is 0 Å². The summed E-state index contributed by atoms with van der Waals surface area (Å²) in [5.74, 6) is 0. The summed E-state index contributed by atoms with van der Waals surface area (Å²) < 4.78 is 0. The average molecular weight is 96.1 g/mol.